The Balaban J connectivity index is 1.53. The molecular formula is C30H31N7O. The Morgan fingerprint density at radius 3 is 2.47 bits per heavy atom. The van der Waals surface area contributed by atoms with E-state index >= 15 is 0 Å². The number of nitriles is 1. The molecule has 1 fully saturated rings. The van der Waals surface area contributed by atoms with Gasteiger partial charge in [0.2, 0.25) is 11.9 Å². The van der Waals surface area contributed by atoms with Gasteiger partial charge in [-0.15, -0.1) is 0 Å². The fourth-order valence-corrected chi connectivity index (χ4v) is 5.76. The molecule has 2 aliphatic rings. The molecule has 0 N–H and O–H groups in total. The van der Waals surface area contributed by atoms with Gasteiger partial charge in [0.15, 0.2) is 0 Å². The fourth-order valence-electron chi connectivity index (χ4n) is 5.76. The van der Waals surface area contributed by atoms with Crippen LogP contribution >= 0.6 is 0 Å². The minimum absolute atomic E-state index is 0.142. The maximum Gasteiger partial charge on any atom is 0.227 e. The van der Waals surface area contributed by atoms with Crippen LogP contribution in [-0.2, 0) is 11.2 Å². The first-order valence-electron chi connectivity index (χ1n) is 13.1. The van der Waals surface area contributed by atoms with Crippen molar-refractivity contribution in [3.05, 3.63) is 66.0 Å². The molecule has 0 saturated carbocycles. The number of nitrogens with zero attached hydrogens (tertiary/aromatic N) is 7. The Morgan fingerprint density at radius 1 is 1.03 bits per heavy atom. The Labute approximate surface area is 222 Å². The van der Waals surface area contributed by atoms with Crippen molar-refractivity contribution in [2.75, 3.05) is 44.0 Å². The molecule has 1 saturated heterocycles. The number of carbonyl (C=O) groups excluding carboxylic acids is 1. The van der Waals surface area contributed by atoms with Gasteiger partial charge in [-0.2, -0.15) is 5.26 Å². The van der Waals surface area contributed by atoms with Gasteiger partial charge in [0.1, 0.15) is 5.65 Å². The van der Waals surface area contributed by atoms with E-state index in [1.807, 2.05) is 49.8 Å². The second-order valence-electron chi connectivity index (χ2n) is 10.4. The molecule has 1 amide bonds. The molecule has 0 spiro atoms. The smallest absolute Gasteiger partial charge is 0.227 e. The molecule has 2 aliphatic heterocycles. The standard InChI is InChI=1S/C30H31N7O/c1-34(2)24-12-15-36(16-13-24)30-33-28(21-6-4-20(19-31)5-7-21)27(29-32-14-17-37(29)30)23-8-10-25-22(18-23)9-11-26(38)35(25)3/h4-8,10,14,17-18,24H,9,11-13,15-16H2,1-3H3. The lowest BCUT2D eigenvalue weighted by Crippen LogP contribution is -2.43. The quantitative estimate of drug-likeness (QED) is 0.410. The Bertz CT molecular complexity index is 1560. The van der Waals surface area contributed by atoms with E-state index in [9.17, 15) is 10.1 Å². The highest BCUT2D eigenvalue weighted by atomic mass is 16.2. The first kappa shape index (κ1) is 24.1. The monoisotopic (exact) mass is 505 g/mol. The Morgan fingerprint density at radius 2 is 1.76 bits per heavy atom. The van der Waals surface area contributed by atoms with Gasteiger partial charge < -0.3 is 14.7 Å². The summed E-state index contributed by atoms with van der Waals surface area (Å²) in [5, 5.41) is 9.36. The van der Waals surface area contributed by atoms with Crippen LogP contribution in [0, 0.1) is 11.3 Å². The molecule has 4 aromatic rings. The molecule has 0 unspecified atom stereocenters. The molecule has 4 heterocycles. The molecule has 38 heavy (non-hydrogen) atoms. The molecule has 2 aromatic heterocycles. The van der Waals surface area contributed by atoms with Crippen LogP contribution in [0.5, 0.6) is 0 Å². The summed E-state index contributed by atoms with van der Waals surface area (Å²) < 4.78 is 2.10. The number of aromatic nitrogens is 3. The number of carbonyl (C=O) groups is 1. The maximum absolute atomic E-state index is 12.3. The number of hydrogen-bond donors (Lipinski definition) is 0. The number of benzene rings is 2. The third kappa shape index (κ3) is 4.09. The predicted octanol–water partition coefficient (Wildman–Crippen LogP) is 4.37. The Hall–Kier alpha value is -4.22. The molecule has 2 aromatic carbocycles. The van der Waals surface area contributed by atoms with Gasteiger partial charge in [0.25, 0.3) is 0 Å². The highest BCUT2D eigenvalue weighted by Crippen LogP contribution is 2.39. The third-order valence-electron chi connectivity index (χ3n) is 8.01. The average Bonchev–Trinajstić information content (AvgIpc) is 3.44. The van der Waals surface area contributed by atoms with Crippen molar-refractivity contribution in [1.82, 2.24) is 19.3 Å². The topological polar surface area (TPSA) is 80.8 Å². The molecule has 0 radical (unpaired) electrons. The lowest BCUT2D eigenvalue weighted by atomic mass is 9.94. The zero-order valence-corrected chi connectivity index (χ0v) is 22.1. The third-order valence-corrected chi connectivity index (χ3v) is 8.01. The number of rotatable bonds is 4. The molecule has 0 atom stereocenters. The maximum atomic E-state index is 12.3. The van der Waals surface area contributed by atoms with Gasteiger partial charge in [-0.05, 0) is 68.8 Å². The van der Waals surface area contributed by atoms with Crippen LogP contribution in [-0.4, -0.2) is 65.5 Å². The van der Waals surface area contributed by atoms with Crippen LogP contribution in [0.3, 0.4) is 0 Å². The Kier molecular flexibility index (Phi) is 6.09. The highest BCUT2D eigenvalue weighted by molar-refractivity contribution is 5.97. The van der Waals surface area contributed by atoms with Crippen molar-refractivity contribution in [2.45, 2.75) is 31.7 Å². The van der Waals surface area contributed by atoms with Crippen LogP contribution in [0.25, 0.3) is 28.0 Å². The number of piperidine rings is 1. The number of aryl methyl sites for hydroxylation is 1. The SMILES string of the molecule is CN1C(=O)CCc2cc(-c3c(-c4ccc(C#N)cc4)nc(N4CCC(N(C)C)CC4)n4ccnc34)ccc21. The van der Waals surface area contributed by atoms with E-state index in [-0.39, 0.29) is 5.91 Å². The van der Waals surface area contributed by atoms with Crippen molar-refractivity contribution < 1.29 is 4.79 Å². The summed E-state index contributed by atoms with van der Waals surface area (Å²) in [6, 6.07) is 16.7. The second-order valence-corrected chi connectivity index (χ2v) is 10.4. The van der Waals surface area contributed by atoms with Gasteiger partial charge in [-0.1, -0.05) is 18.2 Å². The van der Waals surface area contributed by atoms with Crippen molar-refractivity contribution >= 4 is 23.2 Å². The van der Waals surface area contributed by atoms with Crippen molar-refractivity contribution in [3.63, 3.8) is 0 Å². The van der Waals surface area contributed by atoms with Crippen LogP contribution in [0.2, 0.25) is 0 Å². The molecule has 192 valence electrons. The van der Waals surface area contributed by atoms with E-state index in [4.69, 9.17) is 9.97 Å². The van der Waals surface area contributed by atoms with Crippen LogP contribution < -0.4 is 9.80 Å². The van der Waals surface area contributed by atoms with E-state index in [1.165, 1.54) is 0 Å². The van der Waals surface area contributed by atoms with Crippen molar-refractivity contribution in [3.8, 4) is 28.5 Å². The summed E-state index contributed by atoms with van der Waals surface area (Å²) in [6.07, 6.45) is 7.21. The van der Waals surface area contributed by atoms with Crippen molar-refractivity contribution in [1.29, 1.82) is 5.26 Å². The molecule has 8 nitrogen and oxygen atoms in total. The number of anilines is 2. The van der Waals surface area contributed by atoms with E-state index in [0.29, 0.717) is 18.0 Å². The van der Waals surface area contributed by atoms with Crippen LogP contribution in [0.15, 0.2) is 54.9 Å². The summed E-state index contributed by atoms with van der Waals surface area (Å²) in [7, 11) is 6.14. The minimum atomic E-state index is 0.142. The number of fused-ring (bicyclic) bond motifs is 2. The lowest BCUT2D eigenvalue weighted by molar-refractivity contribution is -0.118. The summed E-state index contributed by atoms with van der Waals surface area (Å²) in [5.41, 5.74) is 7.33. The summed E-state index contributed by atoms with van der Waals surface area (Å²) >= 11 is 0. The van der Waals surface area contributed by atoms with Gasteiger partial charge in [0.05, 0.1) is 22.9 Å². The molecule has 0 aliphatic carbocycles. The number of amides is 1. The molecule has 6 rings (SSSR count). The minimum Gasteiger partial charge on any atom is -0.342 e. The van der Waals surface area contributed by atoms with E-state index < -0.39 is 0 Å². The normalized spacial score (nSPS) is 16.2. The first-order valence-corrected chi connectivity index (χ1v) is 13.1. The summed E-state index contributed by atoms with van der Waals surface area (Å²) in [4.78, 5) is 28.8. The first-order chi connectivity index (χ1) is 18.4. The number of hydrogen-bond acceptors (Lipinski definition) is 6. The predicted molar refractivity (Wildman–Crippen MR) is 149 cm³/mol. The fraction of sp³-hybridized carbons (Fsp3) is 0.333. The van der Waals surface area contributed by atoms with Gasteiger partial charge in [-0.25, -0.2) is 9.97 Å². The van der Waals surface area contributed by atoms with E-state index in [1.54, 1.807) is 4.90 Å². The average molecular weight is 506 g/mol. The zero-order chi connectivity index (χ0) is 26.4. The molecule has 0 bridgehead atoms. The molecule has 8 heteroatoms. The van der Waals surface area contributed by atoms with Crippen LogP contribution in [0.1, 0.15) is 30.4 Å². The highest BCUT2D eigenvalue weighted by Gasteiger charge is 2.27. The van der Waals surface area contributed by atoms with Crippen LogP contribution in [0.4, 0.5) is 11.6 Å². The van der Waals surface area contributed by atoms with E-state index in [2.05, 4.69) is 46.5 Å². The lowest BCUT2D eigenvalue weighted by Gasteiger charge is -2.36. The van der Waals surface area contributed by atoms with Gasteiger partial charge in [-0.3, -0.25) is 9.20 Å². The summed E-state index contributed by atoms with van der Waals surface area (Å²) in [5.74, 6) is 1.03. The molecular weight excluding hydrogens is 474 g/mol. The van der Waals surface area contributed by atoms with Gasteiger partial charge >= 0.3 is 0 Å². The number of imidazole rings is 1. The second kappa shape index (κ2) is 9.58. The van der Waals surface area contributed by atoms with Crippen molar-refractivity contribution in [2.24, 2.45) is 0 Å². The summed E-state index contributed by atoms with van der Waals surface area (Å²) in [6.45, 7) is 1.85. The van der Waals surface area contributed by atoms with E-state index in [0.717, 1.165) is 77.6 Å². The zero-order valence-electron chi connectivity index (χ0n) is 22.1. The largest absolute Gasteiger partial charge is 0.342 e. The van der Waals surface area contributed by atoms with Gasteiger partial charge in [0, 0.05) is 56.2 Å².